The highest BCUT2D eigenvalue weighted by Crippen LogP contribution is 2.56. The van der Waals surface area contributed by atoms with Gasteiger partial charge in [0.25, 0.3) is 5.91 Å². The molecule has 0 heterocycles. The number of benzene rings is 3. The lowest BCUT2D eigenvalue weighted by atomic mass is 9.55. The highest BCUT2D eigenvalue weighted by atomic mass is 35.5. The molecule has 0 unspecified atom stereocenters. The molecule has 0 radical (unpaired) electrons. The summed E-state index contributed by atoms with van der Waals surface area (Å²) in [5.41, 5.74) is 1.75. The average Bonchev–Trinajstić information content (AvgIpc) is 3.08. The number of phenols is 1. The number of nitrogens with two attached hydrogens (primary N) is 1. The average molecular weight is 773 g/mol. The molecule has 53 heavy (non-hydrogen) atoms. The van der Waals surface area contributed by atoms with Gasteiger partial charge in [0.2, 0.25) is 5.78 Å². The highest BCUT2D eigenvalue weighted by molar-refractivity contribution is 6.24. The van der Waals surface area contributed by atoms with E-state index in [9.17, 15) is 39.9 Å². The number of aliphatic hydroxyl groups is 4. The maximum absolute atomic E-state index is 13.3. The largest absolute Gasteiger partial charge is 0.510 e. The number of ether oxygens (including phenoxy) is 1. The van der Waals surface area contributed by atoms with Gasteiger partial charge < -0.3 is 40.9 Å². The lowest BCUT2D eigenvalue weighted by Gasteiger charge is -2.52. The van der Waals surface area contributed by atoms with Crippen molar-refractivity contribution in [2.24, 2.45) is 17.6 Å². The lowest BCUT2D eigenvalue weighted by molar-refractivity contribution is -0.151. The van der Waals surface area contributed by atoms with Crippen molar-refractivity contribution in [3.8, 4) is 5.75 Å². The number of hydrogen-bond donors (Lipinski definition) is 6. The Morgan fingerprint density at radius 1 is 0.887 bits per heavy atom. The van der Waals surface area contributed by atoms with Crippen molar-refractivity contribution in [1.29, 1.82) is 0 Å². The van der Waals surface area contributed by atoms with Gasteiger partial charge in [0.05, 0.1) is 23.8 Å². The highest BCUT2D eigenvalue weighted by Gasteiger charge is 2.65. The molecule has 286 valence electrons. The third-order valence-electron chi connectivity index (χ3n) is 10.0. The number of hydrogen-bond acceptors (Lipinski definition) is 11. The van der Waals surface area contributed by atoms with Gasteiger partial charge in [-0.2, -0.15) is 0 Å². The Bertz CT molecular complexity index is 1840. The van der Waals surface area contributed by atoms with E-state index < -0.39 is 75.0 Å². The van der Waals surface area contributed by atoms with E-state index in [0.29, 0.717) is 0 Å². The fraction of sp³-hybridized carbons (Fsp3) is 0.359. The van der Waals surface area contributed by atoms with E-state index in [1.807, 2.05) is 12.1 Å². The maximum Gasteiger partial charge on any atom is 0.255 e. The summed E-state index contributed by atoms with van der Waals surface area (Å²) in [5, 5.41) is 55.0. The number of fused-ring (bicyclic) bond motifs is 3. The molecule has 0 bridgehead atoms. The van der Waals surface area contributed by atoms with Crippen LogP contribution in [0.15, 0.2) is 102 Å². The monoisotopic (exact) mass is 771 g/mol. The van der Waals surface area contributed by atoms with Crippen LogP contribution in [0.1, 0.15) is 46.5 Å². The van der Waals surface area contributed by atoms with Gasteiger partial charge in [-0.3, -0.25) is 19.3 Å². The number of halogens is 2. The van der Waals surface area contributed by atoms with Crippen LogP contribution >= 0.6 is 24.8 Å². The molecule has 0 saturated carbocycles. The van der Waals surface area contributed by atoms with Crippen LogP contribution in [0.3, 0.4) is 0 Å². The van der Waals surface area contributed by atoms with Gasteiger partial charge in [-0.15, -0.1) is 24.8 Å². The molecule has 3 aromatic rings. The summed E-state index contributed by atoms with van der Waals surface area (Å²) in [6, 6.07) is 23.8. The molecule has 0 saturated heterocycles. The fourth-order valence-electron chi connectivity index (χ4n) is 7.50. The van der Waals surface area contributed by atoms with E-state index in [1.54, 1.807) is 0 Å². The number of amides is 1. The fourth-order valence-corrected chi connectivity index (χ4v) is 7.50. The van der Waals surface area contributed by atoms with Gasteiger partial charge in [0.15, 0.2) is 11.4 Å². The first-order chi connectivity index (χ1) is 24.0. The summed E-state index contributed by atoms with van der Waals surface area (Å²) in [6.07, 6.45) is -0.184. The number of rotatable bonds is 8. The van der Waals surface area contributed by atoms with E-state index in [4.69, 9.17) is 10.5 Å². The lowest BCUT2D eigenvalue weighted by Crippen LogP contribution is -2.65. The number of ketones is 2. The standard InChI is InChI=1S/C22H24N2O8.C17H21NO.2ClH/c1-21(31)8-5-4-6-11(25)12(8)16(26)13-9(21)7-10-15(24(2)3)17(27)14(20(23)30)19(29)22(10,32)18(13)28;1-18(2)13-14-19-17(15-9-5-3-6-10-15)16-11-7-4-8-12-16;;/h4-6,9-10,15,25,27-28,31-32H,7H2,1-3H3,(H2,23,30);3-12,17H,13-14H2,1-2H3;2*1H/t9-,10-,15-,21+,22-;;;/m0.../s1. The minimum atomic E-state index is -2.75. The number of primary amides is 1. The Labute approximate surface area is 321 Å². The minimum Gasteiger partial charge on any atom is -0.510 e. The minimum absolute atomic E-state index is 0. The first-order valence-corrected chi connectivity index (χ1v) is 16.6. The van der Waals surface area contributed by atoms with Crippen molar-refractivity contribution in [3.05, 3.63) is 124 Å². The van der Waals surface area contributed by atoms with Gasteiger partial charge in [0.1, 0.15) is 28.9 Å². The second-order valence-electron chi connectivity index (χ2n) is 13.8. The van der Waals surface area contributed by atoms with E-state index in [0.717, 1.165) is 13.2 Å². The molecular weight excluding hydrogens is 725 g/mol. The molecule has 1 amide bonds. The van der Waals surface area contributed by atoms with E-state index in [2.05, 4.69) is 67.5 Å². The van der Waals surface area contributed by atoms with Crippen molar-refractivity contribution in [3.63, 3.8) is 0 Å². The van der Waals surface area contributed by atoms with Crippen molar-refractivity contribution in [2.45, 2.75) is 36.7 Å². The molecule has 3 aliphatic carbocycles. The quantitative estimate of drug-likeness (QED) is 0.182. The molecule has 6 rings (SSSR count). The second-order valence-corrected chi connectivity index (χ2v) is 13.8. The molecule has 12 nitrogen and oxygen atoms in total. The molecular formula is C39H47Cl2N3O9. The molecule has 3 aliphatic rings. The number of phenolic OH excluding ortho intramolecular Hbond substituents is 1. The van der Waals surface area contributed by atoms with Gasteiger partial charge >= 0.3 is 0 Å². The summed E-state index contributed by atoms with van der Waals surface area (Å²) < 4.78 is 6.08. The molecule has 0 fully saturated rings. The molecule has 7 N–H and O–H groups in total. The number of Topliss-reactive ketones (excluding diaryl/α,β-unsaturated/α-hetero) is 2. The third-order valence-corrected chi connectivity index (χ3v) is 10.0. The molecule has 5 atom stereocenters. The van der Waals surface area contributed by atoms with Gasteiger partial charge in [-0.1, -0.05) is 72.8 Å². The van der Waals surface area contributed by atoms with Crippen LogP contribution in [0.5, 0.6) is 5.75 Å². The molecule has 0 aromatic heterocycles. The van der Waals surface area contributed by atoms with E-state index in [1.165, 1.54) is 55.2 Å². The topological polar surface area (TPSA) is 194 Å². The Hall–Kier alpha value is -4.27. The van der Waals surface area contributed by atoms with Gasteiger partial charge in [0, 0.05) is 24.0 Å². The number of carbonyl (C=O) groups is 3. The van der Waals surface area contributed by atoms with Gasteiger partial charge in [-0.05, 0) is 64.3 Å². The second kappa shape index (κ2) is 16.8. The van der Waals surface area contributed by atoms with Gasteiger partial charge in [-0.25, -0.2) is 0 Å². The summed E-state index contributed by atoms with van der Waals surface area (Å²) in [4.78, 5) is 42.0. The predicted molar refractivity (Wildman–Crippen MR) is 203 cm³/mol. The maximum atomic E-state index is 13.3. The number of carbonyl (C=O) groups excluding carboxylic acids is 3. The van der Waals surface area contributed by atoms with Crippen LogP contribution in [-0.2, 0) is 19.9 Å². The SMILES string of the molecule is CN(C)CCOC(c1ccccc1)c1ccccc1.CN(C)[C@@H]1C(O)=C(C(N)=O)C(=O)[C@@]2(O)C(O)=C3C(=O)c4c(O)cccc4[C@@](C)(O)[C@H]3C[C@@H]12.Cl.Cl. The molecule has 3 aromatic carbocycles. The van der Waals surface area contributed by atoms with Crippen LogP contribution in [0.4, 0.5) is 0 Å². The van der Waals surface area contributed by atoms with Crippen LogP contribution in [0, 0.1) is 11.8 Å². The van der Waals surface area contributed by atoms with E-state index >= 15 is 0 Å². The zero-order valence-corrected chi connectivity index (χ0v) is 31.7. The molecule has 0 spiro atoms. The van der Waals surface area contributed by atoms with Crippen LogP contribution in [-0.4, -0.2) is 106 Å². The number of nitrogens with zero attached hydrogens (tertiary/aromatic N) is 2. The Morgan fingerprint density at radius 2 is 1.43 bits per heavy atom. The third kappa shape index (κ3) is 7.72. The Kier molecular flexibility index (Phi) is 13.7. The van der Waals surface area contributed by atoms with Crippen molar-refractivity contribution in [2.75, 3.05) is 41.3 Å². The first-order valence-electron chi connectivity index (χ1n) is 16.6. The normalized spacial score (nSPS) is 24.8. The van der Waals surface area contributed by atoms with Crippen molar-refractivity contribution in [1.82, 2.24) is 9.80 Å². The first kappa shape index (κ1) is 43.1. The summed E-state index contributed by atoms with van der Waals surface area (Å²) in [7, 11) is 7.18. The predicted octanol–water partition coefficient (Wildman–Crippen LogP) is 3.98. The zero-order chi connectivity index (χ0) is 37.4. The smallest absolute Gasteiger partial charge is 0.255 e. The number of likely N-dealkylation sites (N-methyl/N-ethyl adjacent to an activating group) is 2. The van der Waals surface area contributed by atoms with E-state index in [-0.39, 0.29) is 48.5 Å². The Balaban J connectivity index is 0.000000310. The van der Waals surface area contributed by atoms with Crippen molar-refractivity contribution >= 4 is 42.3 Å². The Morgan fingerprint density at radius 3 is 1.92 bits per heavy atom. The van der Waals surface area contributed by atoms with Crippen molar-refractivity contribution < 1.29 is 44.7 Å². The molecule has 14 heteroatoms. The molecule has 0 aliphatic heterocycles. The summed E-state index contributed by atoms with van der Waals surface area (Å²) >= 11 is 0. The summed E-state index contributed by atoms with van der Waals surface area (Å²) in [6.45, 7) is 3.05. The number of aliphatic hydroxyl groups excluding tert-OH is 2. The zero-order valence-electron chi connectivity index (χ0n) is 30.1. The van der Waals surface area contributed by atoms with Crippen LogP contribution in [0.2, 0.25) is 0 Å². The van der Waals surface area contributed by atoms with Crippen LogP contribution in [0.25, 0.3) is 0 Å². The summed E-state index contributed by atoms with van der Waals surface area (Å²) in [5.74, 6) is -7.89. The van der Waals surface area contributed by atoms with Crippen LogP contribution < -0.4 is 5.73 Å². The number of aromatic hydroxyl groups is 1.